The molecule has 0 aliphatic heterocycles. The number of benzene rings is 1. The zero-order chi connectivity index (χ0) is 13.8. The van der Waals surface area contributed by atoms with E-state index in [0.29, 0.717) is 24.0 Å². The second-order valence-corrected chi connectivity index (χ2v) is 5.48. The molecule has 0 bridgehead atoms. The van der Waals surface area contributed by atoms with Gasteiger partial charge in [0, 0.05) is 16.8 Å². The number of hydrogen-bond acceptors (Lipinski definition) is 3. The molecule has 1 aliphatic carbocycles. The van der Waals surface area contributed by atoms with Gasteiger partial charge in [0.2, 0.25) is 5.91 Å². The van der Waals surface area contributed by atoms with Gasteiger partial charge >= 0.3 is 0 Å². The van der Waals surface area contributed by atoms with E-state index in [1.807, 2.05) is 6.07 Å². The van der Waals surface area contributed by atoms with Crippen LogP contribution in [-0.4, -0.2) is 12.0 Å². The summed E-state index contributed by atoms with van der Waals surface area (Å²) in [5.74, 6) is 0.286. The van der Waals surface area contributed by atoms with Crippen molar-refractivity contribution in [1.29, 1.82) is 0 Å². The largest absolute Gasteiger partial charge is 0.398 e. The number of rotatable bonds is 4. The Balaban J connectivity index is 1.94. The van der Waals surface area contributed by atoms with Crippen LogP contribution in [0, 0.1) is 5.92 Å². The normalized spacial score (nSPS) is 23.2. The predicted octanol–water partition coefficient (Wildman–Crippen LogP) is 2.46. The molecule has 2 rings (SSSR count). The van der Waals surface area contributed by atoms with E-state index in [4.69, 9.17) is 16.2 Å². The van der Waals surface area contributed by atoms with Gasteiger partial charge in [-0.2, -0.15) is 0 Å². The number of nitrogen functional groups attached to an aromatic ring is 1. The Hall–Kier alpha value is -1.55. The summed E-state index contributed by atoms with van der Waals surface area (Å²) < 4.78 is 5.92. The lowest BCUT2D eigenvalue weighted by molar-refractivity contribution is 0.00492. The third kappa shape index (κ3) is 3.70. The Morgan fingerprint density at radius 1 is 1.42 bits per heavy atom. The first-order valence-corrected chi connectivity index (χ1v) is 6.86. The summed E-state index contributed by atoms with van der Waals surface area (Å²) >= 11 is 0. The summed E-state index contributed by atoms with van der Waals surface area (Å²) in [5.41, 5.74) is 13.1. The number of amides is 1. The van der Waals surface area contributed by atoms with Gasteiger partial charge in [-0.3, -0.25) is 4.79 Å². The van der Waals surface area contributed by atoms with Gasteiger partial charge in [-0.05, 0) is 30.9 Å². The van der Waals surface area contributed by atoms with Crippen molar-refractivity contribution in [3.63, 3.8) is 0 Å². The molecular weight excluding hydrogens is 240 g/mol. The summed E-state index contributed by atoms with van der Waals surface area (Å²) in [6, 6.07) is 5.13. The van der Waals surface area contributed by atoms with Crippen LogP contribution in [-0.2, 0) is 11.3 Å². The summed E-state index contributed by atoms with van der Waals surface area (Å²) in [6.07, 6.45) is 5.12. The van der Waals surface area contributed by atoms with Crippen LogP contribution in [0.3, 0.4) is 0 Å². The molecule has 104 valence electrons. The molecule has 0 spiro atoms. The summed E-state index contributed by atoms with van der Waals surface area (Å²) in [4.78, 5) is 11.0. The molecule has 0 radical (unpaired) electrons. The van der Waals surface area contributed by atoms with E-state index < -0.39 is 5.91 Å². The maximum Gasteiger partial charge on any atom is 0.248 e. The number of carbonyl (C=O) groups is 1. The summed E-state index contributed by atoms with van der Waals surface area (Å²) in [7, 11) is 0. The molecule has 4 nitrogen and oxygen atoms in total. The molecule has 0 heterocycles. The standard InChI is InChI=1S/C15H22N2O2/c1-10-3-2-4-13(7-10)19-9-12-6-5-11(15(17)18)8-14(12)16/h5-6,8,10,13H,2-4,7,9,16H2,1H3,(H2,17,18). The lowest BCUT2D eigenvalue weighted by atomic mass is 9.89. The Labute approximate surface area is 114 Å². The summed E-state index contributed by atoms with van der Waals surface area (Å²) in [5, 5.41) is 0. The molecule has 1 aromatic rings. The fraction of sp³-hybridized carbons (Fsp3) is 0.533. The van der Waals surface area contributed by atoms with Gasteiger partial charge in [-0.15, -0.1) is 0 Å². The Kier molecular flexibility index (Phi) is 4.43. The maximum atomic E-state index is 11.0. The number of nitrogens with two attached hydrogens (primary N) is 2. The fourth-order valence-electron chi connectivity index (χ4n) is 2.62. The van der Waals surface area contributed by atoms with Crippen LogP contribution in [0.2, 0.25) is 0 Å². The molecule has 0 aromatic heterocycles. The van der Waals surface area contributed by atoms with Crippen molar-refractivity contribution in [2.75, 3.05) is 5.73 Å². The highest BCUT2D eigenvalue weighted by atomic mass is 16.5. The molecule has 1 amide bonds. The van der Waals surface area contributed by atoms with Gasteiger partial charge < -0.3 is 16.2 Å². The molecule has 2 unspecified atom stereocenters. The first-order chi connectivity index (χ1) is 9.06. The molecule has 1 aliphatic rings. The Morgan fingerprint density at radius 2 is 2.21 bits per heavy atom. The number of primary amides is 1. The zero-order valence-electron chi connectivity index (χ0n) is 11.4. The van der Waals surface area contributed by atoms with E-state index in [1.54, 1.807) is 12.1 Å². The Bertz CT molecular complexity index is 459. The second kappa shape index (κ2) is 6.06. The topological polar surface area (TPSA) is 78.3 Å². The first-order valence-electron chi connectivity index (χ1n) is 6.86. The van der Waals surface area contributed by atoms with Crippen molar-refractivity contribution in [2.45, 2.75) is 45.3 Å². The minimum absolute atomic E-state index is 0.332. The van der Waals surface area contributed by atoms with Gasteiger partial charge in [0.1, 0.15) is 0 Å². The second-order valence-electron chi connectivity index (χ2n) is 5.48. The number of carbonyl (C=O) groups excluding carboxylic acids is 1. The van der Waals surface area contributed by atoms with Crippen LogP contribution < -0.4 is 11.5 Å². The maximum absolute atomic E-state index is 11.0. The molecule has 4 N–H and O–H groups in total. The number of anilines is 1. The van der Waals surface area contributed by atoms with E-state index in [2.05, 4.69) is 6.92 Å². The molecular formula is C15H22N2O2. The van der Waals surface area contributed by atoms with Crippen molar-refractivity contribution in [3.8, 4) is 0 Å². The van der Waals surface area contributed by atoms with Crippen LogP contribution in [0.25, 0.3) is 0 Å². The van der Waals surface area contributed by atoms with Crippen molar-refractivity contribution in [1.82, 2.24) is 0 Å². The van der Waals surface area contributed by atoms with Gasteiger partial charge in [0.15, 0.2) is 0 Å². The number of hydrogen-bond donors (Lipinski definition) is 2. The van der Waals surface area contributed by atoms with Gasteiger partial charge in [-0.1, -0.05) is 25.8 Å². The van der Waals surface area contributed by atoms with Crippen LogP contribution in [0.15, 0.2) is 18.2 Å². The van der Waals surface area contributed by atoms with E-state index in [0.717, 1.165) is 24.3 Å². The molecule has 1 aromatic carbocycles. The Morgan fingerprint density at radius 3 is 2.84 bits per heavy atom. The van der Waals surface area contributed by atoms with Gasteiger partial charge in [0.25, 0.3) is 0 Å². The van der Waals surface area contributed by atoms with Crippen molar-refractivity contribution in [2.24, 2.45) is 11.7 Å². The number of ether oxygens (including phenoxy) is 1. The lowest BCUT2D eigenvalue weighted by Gasteiger charge is -2.27. The highest BCUT2D eigenvalue weighted by Gasteiger charge is 2.19. The molecule has 0 saturated heterocycles. The van der Waals surface area contributed by atoms with E-state index >= 15 is 0 Å². The predicted molar refractivity (Wildman–Crippen MR) is 75.6 cm³/mol. The molecule has 19 heavy (non-hydrogen) atoms. The molecule has 2 atom stereocenters. The molecule has 1 fully saturated rings. The molecule has 1 saturated carbocycles. The average Bonchev–Trinajstić information content (AvgIpc) is 2.37. The highest BCUT2D eigenvalue weighted by molar-refractivity contribution is 5.93. The van der Waals surface area contributed by atoms with Crippen LogP contribution in [0.1, 0.15) is 48.5 Å². The summed E-state index contributed by atoms with van der Waals surface area (Å²) in [6.45, 7) is 2.77. The van der Waals surface area contributed by atoms with Crippen molar-refractivity contribution >= 4 is 11.6 Å². The van der Waals surface area contributed by atoms with Crippen molar-refractivity contribution < 1.29 is 9.53 Å². The zero-order valence-corrected chi connectivity index (χ0v) is 11.4. The smallest absolute Gasteiger partial charge is 0.248 e. The minimum atomic E-state index is -0.458. The quantitative estimate of drug-likeness (QED) is 0.818. The van der Waals surface area contributed by atoms with Crippen LogP contribution in [0.4, 0.5) is 5.69 Å². The fourth-order valence-corrected chi connectivity index (χ4v) is 2.62. The lowest BCUT2D eigenvalue weighted by Crippen LogP contribution is -2.21. The van der Waals surface area contributed by atoms with E-state index in [-0.39, 0.29) is 0 Å². The monoisotopic (exact) mass is 262 g/mol. The third-order valence-electron chi connectivity index (χ3n) is 3.79. The minimum Gasteiger partial charge on any atom is -0.398 e. The van der Waals surface area contributed by atoms with Crippen LogP contribution in [0.5, 0.6) is 0 Å². The SMILES string of the molecule is CC1CCCC(OCc2ccc(C(N)=O)cc2N)C1. The van der Waals surface area contributed by atoms with Gasteiger partial charge in [-0.25, -0.2) is 0 Å². The average molecular weight is 262 g/mol. The van der Waals surface area contributed by atoms with Gasteiger partial charge in [0.05, 0.1) is 12.7 Å². The first kappa shape index (κ1) is 13.9. The van der Waals surface area contributed by atoms with E-state index in [1.165, 1.54) is 12.8 Å². The van der Waals surface area contributed by atoms with E-state index in [9.17, 15) is 4.79 Å². The third-order valence-corrected chi connectivity index (χ3v) is 3.79. The van der Waals surface area contributed by atoms with Crippen LogP contribution >= 0.6 is 0 Å². The highest BCUT2D eigenvalue weighted by Crippen LogP contribution is 2.27. The molecule has 4 heteroatoms. The van der Waals surface area contributed by atoms with Crippen molar-refractivity contribution in [3.05, 3.63) is 29.3 Å².